The van der Waals surface area contributed by atoms with E-state index in [9.17, 15) is 0 Å². The zero-order valence-corrected chi connectivity index (χ0v) is 14.3. The van der Waals surface area contributed by atoms with Crippen molar-refractivity contribution in [1.29, 1.82) is 0 Å². The molecule has 0 aromatic carbocycles. The minimum Gasteiger partial charge on any atom is -0.375 e. The van der Waals surface area contributed by atoms with Gasteiger partial charge in [-0.05, 0) is 52.0 Å². The zero-order chi connectivity index (χ0) is 14.9. The van der Waals surface area contributed by atoms with Gasteiger partial charge in [0.1, 0.15) is 0 Å². The Morgan fingerprint density at radius 3 is 2.62 bits per heavy atom. The van der Waals surface area contributed by atoms with Crippen molar-refractivity contribution in [3.05, 3.63) is 0 Å². The van der Waals surface area contributed by atoms with Gasteiger partial charge in [0.2, 0.25) is 0 Å². The molecule has 3 rings (SSSR count). The van der Waals surface area contributed by atoms with Crippen LogP contribution in [0.2, 0.25) is 0 Å². The van der Waals surface area contributed by atoms with Crippen LogP contribution in [0.5, 0.6) is 0 Å². The molecule has 0 saturated carbocycles. The zero-order valence-electron chi connectivity index (χ0n) is 14.3. The van der Waals surface area contributed by atoms with E-state index in [-0.39, 0.29) is 5.60 Å². The van der Waals surface area contributed by atoms with E-state index in [2.05, 4.69) is 30.6 Å². The van der Waals surface area contributed by atoms with Gasteiger partial charge in [-0.3, -0.25) is 9.80 Å². The highest BCUT2D eigenvalue weighted by Gasteiger charge is 2.41. The fourth-order valence-electron chi connectivity index (χ4n) is 4.91. The van der Waals surface area contributed by atoms with Crippen molar-refractivity contribution < 1.29 is 4.74 Å². The second-order valence-electron chi connectivity index (χ2n) is 7.58. The van der Waals surface area contributed by atoms with Crippen molar-refractivity contribution in [2.45, 2.75) is 89.4 Å². The van der Waals surface area contributed by atoms with Gasteiger partial charge >= 0.3 is 0 Å². The monoisotopic (exact) mass is 294 g/mol. The minimum atomic E-state index is 0.159. The standard InChI is InChI=1S/C18H34N2O/c1-4-18(5-2)12-16(9-11-21-18)20-14-17-8-6-7-10-19(17)13-15(20)3/h15-17H,4-14H2,1-3H3. The van der Waals surface area contributed by atoms with E-state index >= 15 is 0 Å². The van der Waals surface area contributed by atoms with Gasteiger partial charge < -0.3 is 4.74 Å². The third-order valence-corrected chi connectivity index (χ3v) is 6.46. The Morgan fingerprint density at radius 2 is 1.86 bits per heavy atom. The molecular formula is C18H34N2O. The fourth-order valence-corrected chi connectivity index (χ4v) is 4.91. The Morgan fingerprint density at radius 1 is 1.05 bits per heavy atom. The van der Waals surface area contributed by atoms with Gasteiger partial charge in [0, 0.05) is 37.8 Å². The first kappa shape index (κ1) is 15.8. The number of ether oxygens (including phenoxy) is 1. The van der Waals surface area contributed by atoms with Crippen LogP contribution in [-0.4, -0.2) is 59.8 Å². The number of piperazine rings is 1. The molecule has 3 unspecified atom stereocenters. The Bertz CT molecular complexity index is 342. The van der Waals surface area contributed by atoms with Crippen LogP contribution in [0.15, 0.2) is 0 Å². The molecule has 3 atom stereocenters. The van der Waals surface area contributed by atoms with Gasteiger partial charge in [0.25, 0.3) is 0 Å². The topological polar surface area (TPSA) is 15.7 Å². The molecule has 0 N–H and O–H groups in total. The van der Waals surface area contributed by atoms with Crippen molar-refractivity contribution in [3.8, 4) is 0 Å². The average molecular weight is 294 g/mol. The summed E-state index contributed by atoms with van der Waals surface area (Å²) in [5.74, 6) is 0. The first-order chi connectivity index (χ1) is 10.2. The number of nitrogens with zero attached hydrogens (tertiary/aromatic N) is 2. The summed E-state index contributed by atoms with van der Waals surface area (Å²) in [6.45, 7) is 11.9. The van der Waals surface area contributed by atoms with E-state index in [4.69, 9.17) is 4.74 Å². The van der Waals surface area contributed by atoms with Crippen LogP contribution < -0.4 is 0 Å². The van der Waals surface area contributed by atoms with Gasteiger partial charge in [-0.2, -0.15) is 0 Å². The Labute approximate surface area is 131 Å². The molecule has 0 radical (unpaired) electrons. The van der Waals surface area contributed by atoms with E-state index in [1.54, 1.807) is 0 Å². The first-order valence-corrected chi connectivity index (χ1v) is 9.31. The van der Waals surface area contributed by atoms with E-state index in [1.165, 1.54) is 51.7 Å². The number of piperidine rings is 1. The summed E-state index contributed by atoms with van der Waals surface area (Å²) < 4.78 is 6.19. The van der Waals surface area contributed by atoms with E-state index < -0.39 is 0 Å². The van der Waals surface area contributed by atoms with Crippen LogP contribution in [0, 0.1) is 0 Å². The summed E-state index contributed by atoms with van der Waals surface area (Å²) >= 11 is 0. The first-order valence-electron chi connectivity index (χ1n) is 9.31. The SMILES string of the molecule is CCC1(CC)CC(N2CC3CCCCN3CC2C)CCO1. The third kappa shape index (κ3) is 3.16. The highest BCUT2D eigenvalue weighted by Crippen LogP contribution is 2.36. The van der Waals surface area contributed by atoms with Crippen LogP contribution >= 0.6 is 0 Å². The number of hydrogen-bond acceptors (Lipinski definition) is 3. The lowest BCUT2D eigenvalue weighted by molar-refractivity contribution is -0.125. The van der Waals surface area contributed by atoms with Crippen molar-refractivity contribution in [2.75, 3.05) is 26.2 Å². The predicted molar refractivity (Wildman–Crippen MR) is 87.7 cm³/mol. The number of fused-ring (bicyclic) bond motifs is 1. The predicted octanol–water partition coefficient (Wildman–Crippen LogP) is 3.28. The molecule has 0 aromatic heterocycles. The number of rotatable bonds is 3. The summed E-state index contributed by atoms with van der Waals surface area (Å²) in [5.41, 5.74) is 0.159. The highest BCUT2D eigenvalue weighted by atomic mass is 16.5. The highest BCUT2D eigenvalue weighted by molar-refractivity contribution is 4.96. The Balaban J connectivity index is 1.67. The van der Waals surface area contributed by atoms with E-state index in [0.717, 1.165) is 31.5 Å². The van der Waals surface area contributed by atoms with Gasteiger partial charge in [-0.15, -0.1) is 0 Å². The molecule has 3 saturated heterocycles. The molecule has 0 aliphatic carbocycles. The van der Waals surface area contributed by atoms with Gasteiger partial charge in [-0.1, -0.05) is 20.3 Å². The van der Waals surface area contributed by atoms with Gasteiger partial charge in [0.15, 0.2) is 0 Å². The van der Waals surface area contributed by atoms with E-state index in [0.29, 0.717) is 6.04 Å². The summed E-state index contributed by atoms with van der Waals surface area (Å²) in [5, 5.41) is 0. The molecule has 122 valence electrons. The van der Waals surface area contributed by atoms with Crippen LogP contribution in [0.3, 0.4) is 0 Å². The van der Waals surface area contributed by atoms with Crippen LogP contribution in [0.25, 0.3) is 0 Å². The summed E-state index contributed by atoms with van der Waals surface area (Å²) in [6.07, 6.45) is 9.07. The second-order valence-corrected chi connectivity index (χ2v) is 7.58. The second kappa shape index (κ2) is 6.55. The van der Waals surface area contributed by atoms with Crippen molar-refractivity contribution >= 4 is 0 Å². The molecule has 0 bridgehead atoms. The van der Waals surface area contributed by atoms with Gasteiger partial charge in [0.05, 0.1) is 5.60 Å². The van der Waals surface area contributed by atoms with Crippen molar-refractivity contribution in [3.63, 3.8) is 0 Å². The van der Waals surface area contributed by atoms with Crippen molar-refractivity contribution in [1.82, 2.24) is 9.80 Å². The normalized spacial score (nSPS) is 38.1. The maximum Gasteiger partial charge on any atom is 0.0692 e. The lowest BCUT2D eigenvalue weighted by Gasteiger charge is -2.53. The molecule has 3 heterocycles. The molecule has 3 nitrogen and oxygen atoms in total. The molecule has 3 aliphatic heterocycles. The van der Waals surface area contributed by atoms with Crippen LogP contribution in [-0.2, 0) is 4.74 Å². The molecular weight excluding hydrogens is 260 g/mol. The molecule has 3 fully saturated rings. The van der Waals surface area contributed by atoms with Gasteiger partial charge in [-0.25, -0.2) is 0 Å². The molecule has 3 heteroatoms. The molecule has 21 heavy (non-hydrogen) atoms. The largest absolute Gasteiger partial charge is 0.375 e. The average Bonchev–Trinajstić information content (AvgIpc) is 2.54. The van der Waals surface area contributed by atoms with Crippen LogP contribution in [0.1, 0.15) is 65.7 Å². The lowest BCUT2D eigenvalue weighted by Crippen LogP contribution is -2.62. The lowest BCUT2D eigenvalue weighted by atomic mass is 9.84. The fraction of sp³-hybridized carbons (Fsp3) is 1.00. The molecule has 3 aliphatic rings. The number of hydrogen-bond donors (Lipinski definition) is 0. The van der Waals surface area contributed by atoms with E-state index in [1.807, 2.05) is 0 Å². The Hall–Kier alpha value is -0.120. The maximum atomic E-state index is 6.19. The molecule has 0 spiro atoms. The quantitative estimate of drug-likeness (QED) is 0.794. The Kier molecular flexibility index (Phi) is 4.92. The maximum absolute atomic E-state index is 6.19. The molecule has 0 aromatic rings. The summed E-state index contributed by atoms with van der Waals surface area (Å²) in [7, 11) is 0. The minimum absolute atomic E-state index is 0.159. The molecule has 0 amide bonds. The smallest absolute Gasteiger partial charge is 0.0692 e. The summed E-state index contributed by atoms with van der Waals surface area (Å²) in [4.78, 5) is 5.60. The van der Waals surface area contributed by atoms with Crippen LogP contribution in [0.4, 0.5) is 0 Å². The third-order valence-electron chi connectivity index (χ3n) is 6.46. The summed E-state index contributed by atoms with van der Waals surface area (Å²) in [6, 6.07) is 2.29. The van der Waals surface area contributed by atoms with Crippen molar-refractivity contribution in [2.24, 2.45) is 0 Å².